The molecule has 0 spiro atoms. The lowest BCUT2D eigenvalue weighted by Crippen LogP contribution is -2.06. The third-order valence-corrected chi connectivity index (χ3v) is 2.53. The van der Waals surface area contributed by atoms with Crippen molar-refractivity contribution in [3.05, 3.63) is 47.1 Å². The average Bonchev–Trinajstić information content (AvgIpc) is 2.73. The minimum Gasteiger partial charge on any atom is -0.484 e. The lowest BCUT2D eigenvalue weighted by molar-refractivity contribution is 0.275. The van der Waals surface area contributed by atoms with E-state index in [4.69, 9.17) is 15.0 Å². The molecule has 0 saturated heterocycles. The Hall–Kier alpha value is -1.88. The number of aromatic nitrogens is 1. The molecule has 4 nitrogen and oxygen atoms in total. The molecule has 1 heterocycles. The van der Waals surface area contributed by atoms with Gasteiger partial charge in [0.2, 0.25) is 0 Å². The number of rotatable bonds is 4. The van der Waals surface area contributed by atoms with Gasteiger partial charge < -0.3 is 15.0 Å². The van der Waals surface area contributed by atoms with E-state index in [1.54, 1.807) is 32.0 Å². The average molecular weight is 250 g/mol. The maximum atomic E-state index is 13.7. The van der Waals surface area contributed by atoms with Crippen molar-refractivity contribution in [2.45, 2.75) is 26.5 Å². The summed E-state index contributed by atoms with van der Waals surface area (Å²) in [5, 5.41) is 3.76. The first-order valence-corrected chi connectivity index (χ1v) is 5.66. The van der Waals surface area contributed by atoms with Gasteiger partial charge in [-0.25, -0.2) is 4.39 Å². The third-order valence-electron chi connectivity index (χ3n) is 2.53. The SMILES string of the molecule is Cc1cc(COc2ccc(C(C)N)cc2F)no1. The molecule has 0 aliphatic heterocycles. The number of benzene rings is 1. The van der Waals surface area contributed by atoms with Crippen LogP contribution in [-0.2, 0) is 6.61 Å². The number of hydrogen-bond acceptors (Lipinski definition) is 4. The fraction of sp³-hybridized carbons (Fsp3) is 0.308. The summed E-state index contributed by atoms with van der Waals surface area (Å²) in [6.07, 6.45) is 0. The number of nitrogens with two attached hydrogens (primary N) is 1. The van der Waals surface area contributed by atoms with Gasteiger partial charge in [0.05, 0.1) is 0 Å². The van der Waals surface area contributed by atoms with E-state index in [1.807, 2.05) is 0 Å². The van der Waals surface area contributed by atoms with Gasteiger partial charge in [-0.1, -0.05) is 11.2 Å². The summed E-state index contributed by atoms with van der Waals surface area (Å²) < 4.78 is 23.9. The molecule has 18 heavy (non-hydrogen) atoms. The zero-order valence-corrected chi connectivity index (χ0v) is 10.3. The molecule has 1 aromatic carbocycles. The molecule has 1 atom stereocenters. The van der Waals surface area contributed by atoms with Gasteiger partial charge in [-0.2, -0.15) is 0 Å². The molecule has 2 N–H and O–H groups in total. The molecule has 0 saturated carbocycles. The highest BCUT2D eigenvalue weighted by Crippen LogP contribution is 2.22. The van der Waals surface area contributed by atoms with Crippen molar-refractivity contribution in [2.75, 3.05) is 0 Å². The normalized spacial score (nSPS) is 12.4. The summed E-state index contributed by atoms with van der Waals surface area (Å²) in [4.78, 5) is 0. The van der Waals surface area contributed by atoms with Crippen LogP contribution in [0.3, 0.4) is 0 Å². The summed E-state index contributed by atoms with van der Waals surface area (Å²) in [7, 11) is 0. The summed E-state index contributed by atoms with van der Waals surface area (Å²) in [5.74, 6) is 0.450. The first-order chi connectivity index (χ1) is 8.56. The Balaban J connectivity index is 2.05. The van der Waals surface area contributed by atoms with Crippen molar-refractivity contribution in [3.63, 3.8) is 0 Å². The second kappa shape index (κ2) is 5.18. The first-order valence-electron chi connectivity index (χ1n) is 5.66. The van der Waals surface area contributed by atoms with E-state index in [2.05, 4.69) is 5.16 Å². The number of hydrogen-bond donors (Lipinski definition) is 1. The van der Waals surface area contributed by atoms with Gasteiger partial charge in [0.1, 0.15) is 18.1 Å². The molecule has 96 valence electrons. The Morgan fingerprint density at radius 1 is 1.44 bits per heavy atom. The van der Waals surface area contributed by atoms with Crippen LogP contribution < -0.4 is 10.5 Å². The van der Waals surface area contributed by atoms with Crippen molar-refractivity contribution in [3.8, 4) is 5.75 Å². The molecule has 1 unspecified atom stereocenters. The van der Waals surface area contributed by atoms with Crippen molar-refractivity contribution >= 4 is 0 Å². The van der Waals surface area contributed by atoms with Crippen LogP contribution in [0.4, 0.5) is 4.39 Å². The largest absolute Gasteiger partial charge is 0.484 e. The Labute approximate surface area is 105 Å². The maximum Gasteiger partial charge on any atom is 0.165 e. The van der Waals surface area contributed by atoms with Gasteiger partial charge in [0, 0.05) is 12.1 Å². The van der Waals surface area contributed by atoms with Crippen molar-refractivity contribution in [1.29, 1.82) is 0 Å². The monoisotopic (exact) mass is 250 g/mol. The zero-order valence-electron chi connectivity index (χ0n) is 10.3. The van der Waals surface area contributed by atoms with E-state index < -0.39 is 5.82 Å². The number of nitrogens with zero attached hydrogens (tertiary/aromatic N) is 1. The molecule has 1 aromatic heterocycles. The third kappa shape index (κ3) is 2.87. The Morgan fingerprint density at radius 3 is 2.78 bits per heavy atom. The van der Waals surface area contributed by atoms with Gasteiger partial charge in [-0.15, -0.1) is 0 Å². The van der Waals surface area contributed by atoms with E-state index >= 15 is 0 Å². The van der Waals surface area contributed by atoms with Gasteiger partial charge >= 0.3 is 0 Å². The molecule has 2 aromatic rings. The minimum absolute atomic E-state index is 0.172. The van der Waals surface area contributed by atoms with Crippen LogP contribution in [0.25, 0.3) is 0 Å². The predicted octanol–water partition coefficient (Wildman–Crippen LogP) is 2.72. The van der Waals surface area contributed by atoms with Crippen LogP contribution >= 0.6 is 0 Å². The second-order valence-corrected chi connectivity index (χ2v) is 4.20. The highest BCUT2D eigenvalue weighted by Gasteiger charge is 2.08. The molecular weight excluding hydrogens is 235 g/mol. The fourth-order valence-electron chi connectivity index (χ4n) is 1.56. The number of halogens is 1. The number of ether oxygens (including phenoxy) is 1. The van der Waals surface area contributed by atoms with Crippen molar-refractivity contribution in [2.24, 2.45) is 5.73 Å². The highest BCUT2D eigenvalue weighted by atomic mass is 19.1. The fourth-order valence-corrected chi connectivity index (χ4v) is 1.56. The van der Waals surface area contributed by atoms with Crippen LogP contribution in [0.2, 0.25) is 0 Å². The Bertz CT molecular complexity index is 538. The number of aryl methyl sites for hydroxylation is 1. The van der Waals surface area contributed by atoms with Gasteiger partial charge in [-0.3, -0.25) is 0 Å². The molecule has 0 amide bonds. The summed E-state index contributed by atoms with van der Waals surface area (Å²) in [6.45, 7) is 3.76. The lowest BCUT2D eigenvalue weighted by Gasteiger charge is -2.09. The van der Waals surface area contributed by atoms with Gasteiger partial charge in [0.25, 0.3) is 0 Å². The van der Waals surface area contributed by atoms with Crippen molar-refractivity contribution in [1.82, 2.24) is 5.16 Å². The molecule has 2 rings (SSSR count). The van der Waals surface area contributed by atoms with Crippen LogP contribution in [0.5, 0.6) is 5.75 Å². The van der Waals surface area contributed by atoms with E-state index in [0.717, 1.165) is 5.56 Å². The standard InChI is InChI=1S/C13H15FN2O2/c1-8-5-11(16-18-8)7-17-13-4-3-10(9(2)15)6-12(13)14/h3-6,9H,7,15H2,1-2H3. The molecule has 0 radical (unpaired) electrons. The molecule has 5 heteroatoms. The summed E-state index contributed by atoms with van der Waals surface area (Å²) in [6, 6.07) is 6.24. The molecule has 0 aliphatic rings. The van der Waals surface area contributed by atoms with Crippen LogP contribution in [0.1, 0.15) is 30.0 Å². The first kappa shape index (κ1) is 12.6. The Morgan fingerprint density at radius 2 is 2.22 bits per heavy atom. The van der Waals surface area contributed by atoms with Crippen LogP contribution in [-0.4, -0.2) is 5.16 Å². The maximum absolute atomic E-state index is 13.7. The summed E-state index contributed by atoms with van der Waals surface area (Å²) >= 11 is 0. The minimum atomic E-state index is -0.426. The van der Waals surface area contributed by atoms with E-state index in [9.17, 15) is 4.39 Å². The summed E-state index contributed by atoms with van der Waals surface area (Å²) in [5.41, 5.74) is 7.03. The second-order valence-electron chi connectivity index (χ2n) is 4.20. The van der Waals surface area contributed by atoms with Gasteiger partial charge in [0.15, 0.2) is 11.6 Å². The van der Waals surface area contributed by atoms with Crippen LogP contribution in [0, 0.1) is 12.7 Å². The van der Waals surface area contributed by atoms with Crippen LogP contribution in [0.15, 0.2) is 28.8 Å². The predicted molar refractivity (Wildman–Crippen MR) is 64.6 cm³/mol. The molecular formula is C13H15FN2O2. The zero-order chi connectivity index (χ0) is 13.1. The molecule has 0 bridgehead atoms. The lowest BCUT2D eigenvalue weighted by atomic mass is 10.1. The topological polar surface area (TPSA) is 61.3 Å². The van der Waals surface area contributed by atoms with E-state index in [1.165, 1.54) is 6.07 Å². The van der Waals surface area contributed by atoms with E-state index in [-0.39, 0.29) is 18.4 Å². The van der Waals surface area contributed by atoms with Gasteiger partial charge in [-0.05, 0) is 31.5 Å². The van der Waals surface area contributed by atoms with Crippen molar-refractivity contribution < 1.29 is 13.7 Å². The molecule has 0 fully saturated rings. The highest BCUT2D eigenvalue weighted by molar-refractivity contribution is 5.30. The quantitative estimate of drug-likeness (QED) is 0.906. The Kier molecular flexibility index (Phi) is 3.62. The smallest absolute Gasteiger partial charge is 0.165 e. The van der Waals surface area contributed by atoms with E-state index in [0.29, 0.717) is 11.5 Å². The molecule has 0 aliphatic carbocycles.